The fraction of sp³-hybridized carbons (Fsp3) is 0. The molecule has 0 aliphatic rings. The highest BCUT2D eigenvalue weighted by atomic mass is 15.0. The molecule has 0 aromatic rings. The van der Waals surface area contributed by atoms with E-state index < -0.39 is 0 Å². The molecule has 0 radical (unpaired) electrons. The molecule has 36 valence electrons. The van der Waals surface area contributed by atoms with Crippen LogP contribution < -0.4 is 0 Å². The molecule has 0 amide bonds. The van der Waals surface area contributed by atoms with Gasteiger partial charge in [0.2, 0.25) is 0 Å². The highest BCUT2D eigenvalue weighted by Gasteiger charge is 0.689. The Hall–Kier alpha value is -1.71. The van der Waals surface area contributed by atoms with Crippen LogP contribution in [0.2, 0.25) is 0 Å². The predicted molar refractivity (Wildman–Crippen MR) is 20.0 cm³/mol. The van der Waals surface area contributed by atoms with Crippen molar-refractivity contribution >= 4 is 0 Å². The molecule has 5 heteroatoms. The molecule has 0 aromatic carbocycles. The molecule has 0 unspecified atom stereocenters. The van der Waals surface area contributed by atoms with Crippen molar-refractivity contribution in [1.82, 2.24) is 0 Å². The van der Waals surface area contributed by atoms with Crippen LogP contribution in [0.4, 0.5) is 0 Å². The Labute approximate surface area is 40.8 Å². The van der Waals surface area contributed by atoms with E-state index in [0.717, 1.165) is 0 Å². The normalized spacial score (nSPS) is 1.71. The Morgan fingerprint density at radius 3 is 1.00 bits per heavy atom. The Balaban J connectivity index is -0.0000000360. The number of hydrogen-bond donors (Lipinski definition) is 0. The molecule has 0 fully saturated rings. The predicted octanol–water partition coefficient (Wildman–Crippen LogP) is 1.06. The van der Waals surface area contributed by atoms with Crippen LogP contribution in [-0.2, 0) is 0 Å². The van der Waals surface area contributed by atoms with Gasteiger partial charge in [-0.2, -0.15) is 0 Å². The third kappa shape index (κ3) is 7.69. The zero-order valence-electron chi connectivity index (χ0n) is 3.24. The SMILES string of the molecule is [C-]#N.[C-]#N.[N-]=[N+]=[N-]. The minimum Gasteiger partial charge on any atom is -0.512 e. The summed E-state index contributed by atoms with van der Waals surface area (Å²) < 4.78 is 0. The van der Waals surface area contributed by atoms with Gasteiger partial charge in [0, 0.05) is 0 Å². The first-order valence-corrected chi connectivity index (χ1v) is 0.847. The van der Waals surface area contributed by atoms with E-state index >= 15 is 0 Å². The van der Waals surface area contributed by atoms with Crippen molar-refractivity contribution in [2.75, 3.05) is 0 Å². The summed E-state index contributed by atoms with van der Waals surface area (Å²) in [5.74, 6) is 0. The van der Waals surface area contributed by atoms with E-state index in [1.807, 2.05) is 0 Å². The Morgan fingerprint density at radius 1 is 1.00 bits per heavy atom. The van der Waals surface area contributed by atoms with Crippen molar-refractivity contribution in [1.29, 1.82) is 10.5 Å². The molecule has 0 saturated carbocycles. The van der Waals surface area contributed by atoms with E-state index in [-0.39, 0.29) is 0 Å². The summed E-state index contributed by atoms with van der Waals surface area (Å²) in [5, 5.41) is 12.5. The number of hydrogen-bond acceptors (Lipinski definition) is 2. The van der Waals surface area contributed by atoms with Crippen LogP contribution in [0, 0.1) is 23.7 Å². The Morgan fingerprint density at radius 2 is 1.00 bits per heavy atom. The minimum atomic E-state index is 1.50. The van der Waals surface area contributed by atoms with Gasteiger partial charge in [0.05, 0.1) is 0 Å². The second-order valence-electron chi connectivity index (χ2n) is 0.0894. The van der Waals surface area contributed by atoms with Crippen LogP contribution in [-0.4, -0.2) is 0 Å². The van der Waals surface area contributed by atoms with E-state index in [0.29, 0.717) is 0 Å². The summed E-state index contributed by atoms with van der Waals surface area (Å²) in [6.45, 7) is 9.50. The molecule has 5 nitrogen and oxygen atoms in total. The summed E-state index contributed by atoms with van der Waals surface area (Å²) >= 11 is 0. The van der Waals surface area contributed by atoms with Crippen LogP contribution >= 0.6 is 0 Å². The monoisotopic (exact) mass is 94.0 g/mol. The van der Waals surface area contributed by atoms with E-state index in [4.69, 9.17) is 34.7 Å². The zero-order valence-corrected chi connectivity index (χ0v) is 3.24. The van der Waals surface area contributed by atoms with Gasteiger partial charge in [0.15, 0.2) is 0 Å². The lowest BCUT2D eigenvalue weighted by atomic mass is 11.9. The van der Waals surface area contributed by atoms with Gasteiger partial charge in [0.1, 0.15) is 0 Å². The van der Waals surface area contributed by atoms with Crippen molar-refractivity contribution in [2.24, 2.45) is 0 Å². The van der Waals surface area contributed by atoms with Crippen LogP contribution in [0.3, 0.4) is 0 Å². The molecule has 0 aliphatic heterocycles. The molecule has 0 N–H and O–H groups in total. The summed E-state index contributed by atoms with van der Waals surface area (Å²) in [6.07, 6.45) is 0. The van der Waals surface area contributed by atoms with E-state index in [2.05, 4.69) is 0 Å². The van der Waals surface area contributed by atoms with Crippen molar-refractivity contribution in [2.45, 2.75) is 0 Å². The van der Waals surface area contributed by atoms with Crippen LogP contribution in [0.15, 0.2) is 0 Å². The molecule has 0 aliphatic carbocycles. The molecule has 7 heavy (non-hydrogen) atoms. The fourth-order valence-electron chi connectivity index (χ4n) is 0. The average molecular weight is 94.1 g/mol. The molecule has 0 heterocycles. The van der Waals surface area contributed by atoms with Gasteiger partial charge in [0.25, 0.3) is 0 Å². The highest BCUT2D eigenvalue weighted by molar-refractivity contribution is 4.36. The second-order valence-corrected chi connectivity index (χ2v) is 0.0894. The highest BCUT2D eigenvalue weighted by Crippen LogP contribution is 1.29. The number of rotatable bonds is 0. The molecular weight excluding hydrogens is 94.1 g/mol. The molecule has 0 aromatic heterocycles. The lowest BCUT2D eigenvalue weighted by Gasteiger charge is -1.31. The van der Waals surface area contributed by atoms with Crippen molar-refractivity contribution < 1.29 is 0 Å². The fourth-order valence-corrected chi connectivity index (χ4v) is 0. The topological polar surface area (TPSA) is 106 Å². The minimum absolute atomic E-state index is 1.50. The first kappa shape index (κ1) is 18.6. The quantitative estimate of drug-likeness (QED) is 0.193. The standard InChI is InChI=1S/2CN.N3/c2*1-2;1-3-2/q3*-1. The van der Waals surface area contributed by atoms with E-state index in [1.54, 1.807) is 0 Å². The summed E-state index contributed by atoms with van der Waals surface area (Å²) in [7, 11) is 0. The average Bonchev–Trinajstić information content (AvgIpc) is 1.78. The lowest BCUT2D eigenvalue weighted by Crippen LogP contribution is -0.711. The molecule has 0 saturated heterocycles. The van der Waals surface area contributed by atoms with Crippen LogP contribution in [0.5, 0.6) is 0 Å². The zero-order chi connectivity index (χ0) is 6.71. The maximum absolute atomic E-state index is 6.75. The van der Waals surface area contributed by atoms with Crippen molar-refractivity contribution in [3.05, 3.63) is 29.1 Å². The van der Waals surface area contributed by atoms with Gasteiger partial charge in [-0.1, -0.05) is 0 Å². The van der Waals surface area contributed by atoms with Crippen LogP contribution in [0.25, 0.3) is 16.0 Å². The summed E-state index contributed by atoms with van der Waals surface area (Å²) in [6, 6.07) is 0. The molecule has 0 bridgehead atoms. The molecular formula is C2N5-3. The van der Waals surface area contributed by atoms with Gasteiger partial charge < -0.3 is 34.7 Å². The summed E-state index contributed by atoms with van der Waals surface area (Å²) in [5.41, 5.74) is 13.5. The van der Waals surface area contributed by atoms with Gasteiger partial charge in [-0.05, 0) is 0 Å². The first-order chi connectivity index (χ1) is 3.41. The van der Waals surface area contributed by atoms with Gasteiger partial charge >= 0.3 is 0 Å². The first-order valence-electron chi connectivity index (χ1n) is 0.847. The van der Waals surface area contributed by atoms with Gasteiger partial charge in [-0.3, -0.25) is 4.91 Å². The lowest BCUT2D eigenvalue weighted by molar-refractivity contribution is 1.53. The Bertz CT molecular complexity index is 66.6. The third-order valence-corrected chi connectivity index (χ3v) is 0. The largest absolute Gasteiger partial charge is 0.512 e. The second kappa shape index (κ2) is 92.1. The maximum atomic E-state index is 6.75. The van der Waals surface area contributed by atoms with Crippen LogP contribution in [0.1, 0.15) is 0 Å². The maximum Gasteiger partial charge on any atom is -0.255 e. The molecule has 0 rings (SSSR count). The van der Waals surface area contributed by atoms with Crippen molar-refractivity contribution in [3.63, 3.8) is 0 Å². The Kier molecular flexibility index (Phi) is 244. The molecule has 0 atom stereocenters. The smallest absolute Gasteiger partial charge is 0.255 e. The van der Waals surface area contributed by atoms with E-state index in [1.165, 1.54) is 4.91 Å². The molecule has 0 spiro atoms. The summed E-state index contributed by atoms with van der Waals surface area (Å²) in [4.78, 5) is 1.50. The number of nitrogens with zero attached hydrogens (tertiary/aromatic N) is 5. The van der Waals surface area contributed by atoms with Crippen molar-refractivity contribution in [3.8, 4) is 0 Å². The van der Waals surface area contributed by atoms with Gasteiger partial charge in [-0.15, -0.1) is 0 Å². The van der Waals surface area contributed by atoms with Gasteiger partial charge in [-0.25, -0.2) is 0 Å². The third-order valence-electron chi connectivity index (χ3n) is 0. The van der Waals surface area contributed by atoms with E-state index in [9.17, 15) is 0 Å².